The van der Waals surface area contributed by atoms with Crippen molar-refractivity contribution in [2.24, 2.45) is 5.73 Å². The van der Waals surface area contributed by atoms with Crippen LogP contribution in [0.4, 0.5) is 5.69 Å². The average Bonchev–Trinajstić information content (AvgIpc) is 2.43. The van der Waals surface area contributed by atoms with Gasteiger partial charge in [-0.15, -0.1) is 0 Å². The number of nitrogens with two attached hydrogens (primary N) is 1. The highest BCUT2D eigenvalue weighted by Crippen LogP contribution is 2.22. The zero-order chi connectivity index (χ0) is 14.5. The first-order valence-electron chi connectivity index (χ1n) is 6.05. The first-order chi connectivity index (χ1) is 9.60. The van der Waals surface area contributed by atoms with Crippen LogP contribution in [0.5, 0.6) is 0 Å². The molecule has 0 aliphatic carbocycles. The molecule has 20 heavy (non-hydrogen) atoms. The van der Waals surface area contributed by atoms with Crippen LogP contribution in [0, 0.1) is 0 Å². The number of benzene rings is 1. The van der Waals surface area contributed by atoms with Crippen LogP contribution < -0.4 is 16.6 Å². The second-order valence-corrected chi connectivity index (χ2v) is 5.02. The average molecular weight is 313 g/mol. The van der Waals surface area contributed by atoms with Gasteiger partial charge in [0, 0.05) is 19.2 Å². The number of aromatic nitrogens is 2. The summed E-state index contributed by atoms with van der Waals surface area (Å²) in [5.41, 5.74) is 6.70. The minimum atomic E-state index is -0.196. The Hall–Kier alpha value is -1.56. The normalized spacial score (nSPS) is 10.6. The summed E-state index contributed by atoms with van der Waals surface area (Å²) in [7, 11) is 0. The predicted molar refractivity (Wildman–Crippen MR) is 81.6 cm³/mol. The molecule has 5 nitrogen and oxygen atoms in total. The maximum Gasteiger partial charge on any atom is 0.269 e. The molecular weight excluding hydrogens is 299 g/mol. The van der Waals surface area contributed by atoms with Crippen molar-refractivity contribution in [3.8, 4) is 0 Å². The number of rotatable bonds is 5. The van der Waals surface area contributed by atoms with Crippen LogP contribution in [0.25, 0.3) is 0 Å². The van der Waals surface area contributed by atoms with E-state index in [1.807, 2.05) is 6.07 Å². The molecule has 0 aliphatic heterocycles. The van der Waals surface area contributed by atoms with Gasteiger partial charge in [-0.1, -0.05) is 29.3 Å². The minimum Gasteiger partial charge on any atom is -0.382 e. The van der Waals surface area contributed by atoms with E-state index in [0.29, 0.717) is 35.4 Å². The predicted octanol–water partition coefficient (Wildman–Crippen LogP) is 1.97. The minimum absolute atomic E-state index is 0.196. The number of nitrogens with zero attached hydrogens (tertiary/aromatic N) is 2. The van der Waals surface area contributed by atoms with Gasteiger partial charge in [-0.2, -0.15) is 5.10 Å². The van der Waals surface area contributed by atoms with Gasteiger partial charge in [-0.3, -0.25) is 4.79 Å². The molecule has 1 heterocycles. The molecular formula is C13H14Cl2N4O. The van der Waals surface area contributed by atoms with Crippen LogP contribution in [0.15, 0.2) is 35.3 Å². The maximum absolute atomic E-state index is 11.9. The van der Waals surface area contributed by atoms with Crippen LogP contribution in [-0.4, -0.2) is 22.9 Å². The van der Waals surface area contributed by atoms with Crippen LogP contribution in [-0.2, 0) is 6.54 Å². The quantitative estimate of drug-likeness (QED) is 0.885. The molecule has 0 unspecified atom stereocenters. The van der Waals surface area contributed by atoms with Crippen molar-refractivity contribution in [2.75, 3.05) is 18.4 Å². The highest BCUT2D eigenvalue weighted by atomic mass is 35.5. The van der Waals surface area contributed by atoms with E-state index in [4.69, 9.17) is 28.9 Å². The molecule has 0 amide bonds. The van der Waals surface area contributed by atoms with Crippen LogP contribution >= 0.6 is 23.2 Å². The Morgan fingerprint density at radius 1 is 1.25 bits per heavy atom. The first kappa shape index (κ1) is 14.8. The van der Waals surface area contributed by atoms with Crippen molar-refractivity contribution >= 4 is 28.9 Å². The number of nitrogens with one attached hydrogen (secondary N) is 1. The maximum atomic E-state index is 11.9. The van der Waals surface area contributed by atoms with Gasteiger partial charge in [0.15, 0.2) is 0 Å². The summed E-state index contributed by atoms with van der Waals surface area (Å²) >= 11 is 11.8. The second-order valence-electron chi connectivity index (χ2n) is 4.20. The lowest BCUT2D eigenvalue weighted by Gasteiger charge is -2.08. The van der Waals surface area contributed by atoms with Gasteiger partial charge >= 0.3 is 0 Å². The molecule has 0 radical (unpaired) electrons. The third-order valence-corrected chi connectivity index (χ3v) is 3.40. The highest BCUT2D eigenvalue weighted by molar-refractivity contribution is 6.42. The third kappa shape index (κ3) is 3.72. The summed E-state index contributed by atoms with van der Waals surface area (Å²) in [4.78, 5) is 11.9. The van der Waals surface area contributed by atoms with Gasteiger partial charge < -0.3 is 11.1 Å². The van der Waals surface area contributed by atoms with E-state index in [-0.39, 0.29) is 5.56 Å². The Balaban J connectivity index is 2.17. The van der Waals surface area contributed by atoms with Gasteiger partial charge in [-0.25, -0.2) is 4.68 Å². The van der Waals surface area contributed by atoms with E-state index in [1.165, 1.54) is 10.7 Å². The van der Waals surface area contributed by atoms with Gasteiger partial charge in [0.1, 0.15) is 0 Å². The molecule has 0 atom stereocenters. The molecule has 0 saturated heterocycles. The Bertz CT molecular complexity index is 657. The molecule has 0 spiro atoms. The van der Waals surface area contributed by atoms with Crippen molar-refractivity contribution in [3.63, 3.8) is 0 Å². The fourth-order valence-electron chi connectivity index (χ4n) is 1.68. The fourth-order valence-corrected chi connectivity index (χ4v) is 2.00. The highest BCUT2D eigenvalue weighted by Gasteiger charge is 2.04. The summed E-state index contributed by atoms with van der Waals surface area (Å²) in [6, 6.07) is 6.71. The molecule has 2 rings (SSSR count). The number of anilines is 1. The van der Waals surface area contributed by atoms with Crippen molar-refractivity contribution in [1.82, 2.24) is 9.78 Å². The lowest BCUT2D eigenvalue weighted by atomic mass is 10.2. The van der Waals surface area contributed by atoms with E-state index in [1.54, 1.807) is 18.3 Å². The summed E-state index contributed by atoms with van der Waals surface area (Å²) in [5.74, 6) is 0. The lowest BCUT2D eigenvalue weighted by Crippen LogP contribution is -2.24. The number of hydrogen-bond acceptors (Lipinski definition) is 4. The van der Waals surface area contributed by atoms with Crippen LogP contribution in [0.3, 0.4) is 0 Å². The molecule has 2 aromatic rings. The van der Waals surface area contributed by atoms with Crippen molar-refractivity contribution in [3.05, 3.63) is 56.4 Å². The monoisotopic (exact) mass is 312 g/mol. The summed E-state index contributed by atoms with van der Waals surface area (Å²) in [6.07, 6.45) is 1.59. The molecule has 0 bridgehead atoms. The topological polar surface area (TPSA) is 72.9 Å². The first-order valence-corrected chi connectivity index (χ1v) is 6.81. The van der Waals surface area contributed by atoms with Crippen molar-refractivity contribution in [2.45, 2.75) is 6.54 Å². The summed E-state index contributed by atoms with van der Waals surface area (Å²) in [5, 5.41) is 8.05. The van der Waals surface area contributed by atoms with Crippen molar-refractivity contribution in [1.29, 1.82) is 0 Å². The molecule has 106 valence electrons. The molecule has 7 heteroatoms. The van der Waals surface area contributed by atoms with E-state index < -0.39 is 0 Å². The van der Waals surface area contributed by atoms with Gasteiger partial charge in [0.25, 0.3) is 5.56 Å². The SMILES string of the molecule is NCCNc1cnn(Cc2ccc(Cl)c(Cl)c2)c(=O)c1. The molecule has 0 aliphatic rings. The molecule has 1 aromatic carbocycles. The zero-order valence-electron chi connectivity index (χ0n) is 10.6. The molecule has 1 aromatic heterocycles. The number of halogens is 2. The Labute approximate surface area is 126 Å². The van der Waals surface area contributed by atoms with Crippen molar-refractivity contribution < 1.29 is 0 Å². The van der Waals surface area contributed by atoms with Crippen LogP contribution in [0.2, 0.25) is 10.0 Å². The smallest absolute Gasteiger partial charge is 0.269 e. The van der Waals surface area contributed by atoms with Crippen LogP contribution in [0.1, 0.15) is 5.56 Å². The van der Waals surface area contributed by atoms with Gasteiger partial charge in [0.2, 0.25) is 0 Å². The standard InChI is InChI=1S/C13H14Cl2N4O/c14-11-2-1-9(5-12(11)15)8-19-13(20)6-10(7-18-19)17-4-3-16/h1-2,5-7,17H,3-4,8,16H2. The Morgan fingerprint density at radius 3 is 2.70 bits per heavy atom. The van der Waals surface area contributed by atoms with E-state index in [2.05, 4.69) is 10.4 Å². The van der Waals surface area contributed by atoms with Gasteiger partial charge in [-0.05, 0) is 17.7 Å². The fraction of sp³-hybridized carbons (Fsp3) is 0.231. The Kier molecular flexibility index (Phi) is 5.00. The zero-order valence-corrected chi connectivity index (χ0v) is 12.2. The van der Waals surface area contributed by atoms with E-state index in [0.717, 1.165) is 5.56 Å². The number of hydrogen-bond donors (Lipinski definition) is 2. The Morgan fingerprint density at radius 2 is 2.05 bits per heavy atom. The van der Waals surface area contributed by atoms with E-state index >= 15 is 0 Å². The molecule has 0 saturated carbocycles. The third-order valence-electron chi connectivity index (χ3n) is 2.66. The molecule has 3 N–H and O–H groups in total. The molecule has 0 fully saturated rings. The summed E-state index contributed by atoms with van der Waals surface area (Å²) < 4.78 is 1.35. The largest absolute Gasteiger partial charge is 0.382 e. The lowest BCUT2D eigenvalue weighted by molar-refractivity contribution is 0.639. The van der Waals surface area contributed by atoms with Gasteiger partial charge in [0.05, 0.1) is 28.5 Å². The van der Waals surface area contributed by atoms with E-state index in [9.17, 15) is 4.79 Å². The summed E-state index contributed by atoms with van der Waals surface area (Å²) in [6.45, 7) is 1.43. The second kappa shape index (κ2) is 6.74.